The van der Waals surface area contributed by atoms with Crippen LogP contribution in [0.2, 0.25) is 5.02 Å². The lowest BCUT2D eigenvalue weighted by Crippen LogP contribution is -1.81. The first-order valence-corrected chi connectivity index (χ1v) is 4.46. The van der Waals surface area contributed by atoms with E-state index in [1.807, 2.05) is 23.6 Å². The Hall–Kier alpha value is -0.730. The lowest BCUT2D eigenvalue weighted by Gasteiger charge is -1.93. The summed E-state index contributed by atoms with van der Waals surface area (Å²) in [6, 6.07) is 5.77. The minimum absolute atomic E-state index is 0.789. The van der Waals surface area contributed by atoms with Crippen LogP contribution in [0, 0.1) is 0 Å². The van der Waals surface area contributed by atoms with Gasteiger partial charge in [0.05, 0.1) is 9.72 Å². The number of benzene rings is 1. The van der Waals surface area contributed by atoms with Gasteiger partial charge in [0.25, 0.3) is 0 Å². The van der Waals surface area contributed by atoms with E-state index in [9.17, 15) is 0 Å². The van der Waals surface area contributed by atoms with Gasteiger partial charge in [-0.25, -0.2) is 0 Å². The molecule has 0 atom stereocenters. The maximum absolute atomic E-state index is 5.90. The van der Waals surface area contributed by atoms with E-state index in [2.05, 4.69) is 0 Å². The van der Waals surface area contributed by atoms with Crippen molar-refractivity contribution in [2.45, 2.75) is 0 Å². The highest BCUT2D eigenvalue weighted by Gasteiger charge is 2.02. The van der Waals surface area contributed by atoms with Gasteiger partial charge in [0.2, 0.25) is 0 Å². The smallest absolute Gasteiger partial charge is 0.0592 e. The summed E-state index contributed by atoms with van der Waals surface area (Å²) in [5, 5.41) is 3.75. The van der Waals surface area contributed by atoms with E-state index < -0.39 is 0 Å². The van der Waals surface area contributed by atoms with Gasteiger partial charge >= 0.3 is 0 Å². The Bertz CT molecular complexity index is 394. The van der Waals surface area contributed by atoms with E-state index in [1.165, 1.54) is 0 Å². The van der Waals surface area contributed by atoms with Crippen LogP contribution in [-0.2, 0) is 0 Å². The van der Waals surface area contributed by atoms with Crippen LogP contribution >= 0.6 is 22.9 Å². The number of rotatable bonds is 0. The molecule has 0 unspecified atom stereocenters. The third kappa shape index (κ3) is 0.988. The molecule has 11 heavy (non-hydrogen) atoms. The molecule has 0 spiro atoms. The molecule has 0 bridgehead atoms. The summed E-state index contributed by atoms with van der Waals surface area (Å²) in [6.07, 6.45) is 0. The predicted molar refractivity (Wildman–Crippen MR) is 51.2 cm³/mol. The Morgan fingerprint density at radius 3 is 2.91 bits per heavy atom. The highest BCUT2D eigenvalue weighted by Crippen LogP contribution is 2.33. The van der Waals surface area contributed by atoms with E-state index in [0.717, 1.165) is 20.8 Å². The molecule has 0 amide bonds. The van der Waals surface area contributed by atoms with Gasteiger partial charge in [-0.3, -0.25) is 0 Å². The Balaban J connectivity index is 2.94. The standard InChI is InChI=1S/C8H6ClNS/c9-6-4-11-8-5(6)2-1-3-7(8)10/h1-4H,10H2. The number of halogens is 1. The van der Waals surface area contributed by atoms with Crippen molar-refractivity contribution in [3.63, 3.8) is 0 Å². The van der Waals surface area contributed by atoms with Crippen molar-refractivity contribution in [3.8, 4) is 0 Å². The highest BCUT2D eigenvalue weighted by atomic mass is 35.5. The number of hydrogen-bond acceptors (Lipinski definition) is 2. The number of nitrogen functional groups attached to an aromatic ring is 1. The van der Waals surface area contributed by atoms with Gasteiger partial charge in [0, 0.05) is 16.5 Å². The van der Waals surface area contributed by atoms with Crippen LogP contribution in [-0.4, -0.2) is 0 Å². The molecular formula is C8H6ClNS. The van der Waals surface area contributed by atoms with Crippen molar-refractivity contribution in [1.82, 2.24) is 0 Å². The van der Waals surface area contributed by atoms with Gasteiger partial charge in [-0.15, -0.1) is 11.3 Å². The largest absolute Gasteiger partial charge is 0.398 e. The van der Waals surface area contributed by atoms with Crippen LogP contribution in [0.3, 0.4) is 0 Å². The van der Waals surface area contributed by atoms with Gasteiger partial charge in [0.15, 0.2) is 0 Å². The molecule has 1 aromatic heterocycles. The molecule has 2 N–H and O–H groups in total. The summed E-state index contributed by atoms with van der Waals surface area (Å²) in [4.78, 5) is 0. The molecular weight excluding hydrogens is 178 g/mol. The lowest BCUT2D eigenvalue weighted by molar-refractivity contribution is 1.81. The number of fused-ring (bicyclic) bond motifs is 1. The first kappa shape index (κ1) is 6.95. The zero-order valence-electron chi connectivity index (χ0n) is 5.67. The zero-order valence-corrected chi connectivity index (χ0v) is 7.25. The molecule has 0 aliphatic rings. The van der Waals surface area contributed by atoms with Crippen LogP contribution in [0.4, 0.5) is 5.69 Å². The molecule has 0 saturated heterocycles. The van der Waals surface area contributed by atoms with E-state index >= 15 is 0 Å². The SMILES string of the molecule is Nc1cccc2c(Cl)csc12. The third-order valence-corrected chi connectivity index (χ3v) is 3.07. The number of nitrogens with two attached hydrogens (primary N) is 1. The average Bonchev–Trinajstić information content (AvgIpc) is 2.35. The summed E-state index contributed by atoms with van der Waals surface area (Å²) in [7, 11) is 0. The summed E-state index contributed by atoms with van der Waals surface area (Å²) in [5.74, 6) is 0. The molecule has 0 saturated carbocycles. The van der Waals surface area contributed by atoms with E-state index in [0.29, 0.717) is 0 Å². The topological polar surface area (TPSA) is 26.0 Å². The number of thiophene rings is 1. The predicted octanol–water partition coefficient (Wildman–Crippen LogP) is 3.14. The summed E-state index contributed by atoms with van der Waals surface area (Å²) in [6.45, 7) is 0. The van der Waals surface area contributed by atoms with Crippen molar-refractivity contribution in [3.05, 3.63) is 28.6 Å². The molecule has 1 aromatic carbocycles. The van der Waals surface area contributed by atoms with Gasteiger partial charge in [-0.2, -0.15) is 0 Å². The van der Waals surface area contributed by atoms with Crippen LogP contribution in [0.5, 0.6) is 0 Å². The van der Waals surface area contributed by atoms with Gasteiger partial charge in [0.1, 0.15) is 0 Å². The van der Waals surface area contributed by atoms with Crippen LogP contribution in [0.25, 0.3) is 10.1 Å². The maximum atomic E-state index is 5.90. The highest BCUT2D eigenvalue weighted by molar-refractivity contribution is 7.18. The average molecular weight is 184 g/mol. The Kier molecular flexibility index (Phi) is 1.51. The number of hydrogen-bond donors (Lipinski definition) is 1. The molecule has 1 heterocycles. The minimum Gasteiger partial charge on any atom is -0.398 e. The maximum Gasteiger partial charge on any atom is 0.0592 e. The van der Waals surface area contributed by atoms with Crippen molar-refractivity contribution < 1.29 is 0 Å². The molecule has 3 heteroatoms. The second-order valence-corrected chi connectivity index (χ2v) is 3.59. The van der Waals surface area contributed by atoms with Gasteiger partial charge < -0.3 is 5.73 Å². The zero-order chi connectivity index (χ0) is 7.84. The number of anilines is 1. The quantitative estimate of drug-likeness (QED) is 0.624. The fraction of sp³-hybridized carbons (Fsp3) is 0. The molecule has 1 nitrogen and oxygen atoms in total. The normalized spacial score (nSPS) is 10.6. The second-order valence-electron chi connectivity index (χ2n) is 2.31. The van der Waals surface area contributed by atoms with Gasteiger partial charge in [-0.05, 0) is 6.07 Å². The van der Waals surface area contributed by atoms with E-state index in [4.69, 9.17) is 17.3 Å². The minimum atomic E-state index is 0.789. The van der Waals surface area contributed by atoms with Crippen molar-refractivity contribution >= 4 is 38.7 Å². The Morgan fingerprint density at radius 1 is 1.36 bits per heavy atom. The summed E-state index contributed by atoms with van der Waals surface area (Å²) < 4.78 is 1.08. The molecule has 2 aromatic rings. The summed E-state index contributed by atoms with van der Waals surface area (Å²) >= 11 is 7.48. The van der Waals surface area contributed by atoms with Crippen LogP contribution < -0.4 is 5.73 Å². The van der Waals surface area contributed by atoms with Crippen LogP contribution in [0.1, 0.15) is 0 Å². The van der Waals surface area contributed by atoms with E-state index in [1.54, 1.807) is 11.3 Å². The summed E-state index contributed by atoms with van der Waals surface area (Å²) in [5.41, 5.74) is 6.53. The Morgan fingerprint density at radius 2 is 2.18 bits per heavy atom. The van der Waals surface area contributed by atoms with Crippen molar-refractivity contribution in [1.29, 1.82) is 0 Å². The first-order valence-electron chi connectivity index (χ1n) is 3.20. The fourth-order valence-corrected chi connectivity index (χ4v) is 2.25. The lowest BCUT2D eigenvalue weighted by atomic mass is 10.2. The molecule has 56 valence electrons. The molecule has 0 fully saturated rings. The van der Waals surface area contributed by atoms with Crippen molar-refractivity contribution in [2.75, 3.05) is 5.73 Å². The third-order valence-electron chi connectivity index (χ3n) is 1.58. The first-order chi connectivity index (χ1) is 5.29. The Labute approximate surface area is 73.4 Å². The van der Waals surface area contributed by atoms with Crippen LogP contribution in [0.15, 0.2) is 23.6 Å². The molecule has 0 aliphatic heterocycles. The molecule has 0 radical (unpaired) electrons. The fourth-order valence-electron chi connectivity index (χ4n) is 1.05. The molecule has 0 aliphatic carbocycles. The van der Waals surface area contributed by atoms with E-state index in [-0.39, 0.29) is 0 Å². The monoisotopic (exact) mass is 183 g/mol. The van der Waals surface area contributed by atoms with Gasteiger partial charge in [-0.1, -0.05) is 23.7 Å². The van der Waals surface area contributed by atoms with Crippen molar-refractivity contribution in [2.24, 2.45) is 0 Å². The molecule has 2 rings (SSSR count). The second kappa shape index (κ2) is 2.40.